The molecule has 0 saturated carbocycles. The highest BCUT2D eigenvalue weighted by molar-refractivity contribution is 7.12. The van der Waals surface area contributed by atoms with Crippen molar-refractivity contribution in [2.75, 3.05) is 6.61 Å². The Morgan fingerprint density at radius 2 is 2.00 bits per heavy atom. The number of ketones is 1. The van der Waals surface area contributed by atoms with E-state index >= 15 is 0 Å². The summed E-state index contributed by atoms with van der Waals surface area (Å²) in [4.78, 5) is 25.3. The zero-order chi connectivity index (χ0) is 14.1. The Morgan fingerprint density at radius 1 is 1.25 bits per heavy atom. The SMILES string of the molecule is CCOC(=O)C1C(=O)c2sccc2C1c1ccccc1. The Hall–Kier alpha value is -1.94. The molecule has 1 aromatic heterocycles. The maximum Gasteiger partial charge on any atom is 0.317 e. The van der Waals surface area contributed by atoms with E-state index in [1.807, 2.05) is 41.8 Å². The van der Waals surface area contributed by atoms with Crippen molar-refractivity contribution in [1.29, 1.82) is 0 Å². The van der Waals surface area contributed by atoms with E-state index < -0.39 is 11.9 Å². The molecule has 3 nitrogen and oxygen atoms in total. The van der Waals surface area contributed by atoms with Crippen LogP contribution in [-0.2, 0) is 9.53 Å². The van der Waals surface area contributed by atoms with Gasteiger partial charge < -0.3 is 4.74 Å². The largest absolute Gasteiger partial charge is 0.465 e. The van der Waals surface area contributed by atoms with Crippen LogP contribution in [0.2, 0.25) is 0 Å². The summed E-state index contributed by atoms with van der Waals surface area (Å²) in [6.45, 7) is 2.04. The molecular weight excluding hydrogens is 272 g/mol. The highest BCUT2D eigenvalue weighted by atomic mass is 32.1. The maximum atomic E-state index is 12.5. The summed E-state index contributed by atoms with van der Waals surface area (Å²) < 4.78 is 5.09. The van der Waals surface area contributed by atoms with Crippen LogP contribution >= 0.6 is 11.3 Å². The van der Waals surface area contributed by atoms with E-state index in [1.165, 1.54) is 11.3 Å². The van der Waals surface area contributed by atoms with E-state index in [4.69, 9.17) is 4.74 Å². The van der Waals surface area contributed by atoms with Crippen molar-refractivity contribution in [3.05, 3.63) is 57.8 Å². The Kier molecular flexibility index (Phi) is 3.40. The minimum Gasteiger partial charge on any atom is -0.465 e. The summed E-state index contributed by atoms with van der Waals surface area (Å²) in [5, 5.41) is 1.90. The van der Waals surface area contributed by atoms with Crippen LogP contribution < -0.4 is 0 Å². The molecule has 1 aromatic carbocycles. The molecule has 102 valence electrons. The summed E-state index contributed by atoms with van der Waals surface area (Å²) in [5.41, 5.74) is 1.93. The van der Waals surface area contributed by atoms with Gasteiger partial charge in [0.25, 0.3) is 0 Å². The first kappa shape index (κ1) is 13.1. The van der Waals surface area contributed by atoms with Crippen LogP contribution in [0.5, 0.6) is 0 Å². The lowest BCUT2D eigenvalue weighted by atomic mass is 9.86. The average molecular weight is 286 g/mol. The molecule has 4 heteroatoms. The molecule has 2 aromatic rings. The fourth-order valence-electron chi connectivity index (χ4n) is 2.74. The van der Waals surface area contributed by atoms with E-state index in [2.05, 4.69) is 0 Å². The second-order valence-corrected chi connectivity index (χ2v) is 5.60. The van der Waals surface area contributed by atoms with Gasteiger partial charge in [-0.3, -0.25) is 9.59 Å². The molecule has 1 aliphatic rings. The predicted molar refractivity (Wildman–Crippen MR) is 77.1 cm³/mol. The van der Waals surface area contributed by atoms with Crippen LogP contribution in [0.3, 0.4) is 0 Å². The number of carbonyl (C=O) groups is 2. The van der Waals surface area contributed by atoms with Crippen LogP contribution in [-0.4, -0.2) is 18.4 Å². The number of esters is 1. The average Bonchev–Trinajstić information content (AvgIpc) is 3.02. The molecule has 0 spiro atoms. The molecule has 3 rings (SSSR count). The monoisotopic (exact) mass is 286 g/mol. The molecule has 1 heterocycles. The van der Waals surface area contributed by atoms with Crippen molar-refractivity contribution >= 4 is 23.1 Å². The molecule has 0 aliphatic heterocycles. The van der Waals surface area contributed by atoms with E-state index in [9.17, 15) is 9.59 Å². The number of Topliss-reactive ketones (excluding diaryl/α,β-unsaturated/α-hetero) is 1. The van der Waals surface area contributed by atoms with E-state index in [0.717, 1.165) is 11.1 Å². The minimum atomic E-state index is -0.736. The quantitative estimate of drug-likeness (QED) is 0.642. The summed E-state index contributed by atoms with van der Waals surface area (Å²) >= 11 is 1.40. The number of benzene rings is 1. The molecular formula is C16H14O3S. The Morgan fingerprint density at radius 3 is 2.70 bits per heavy atom. The Bertz CT molecular complexity index is 645. The molecule has 0 fully saturated rings. The van der Waals surface area contributed by atoms with Gasteiger partial charge >= 0.3 is 5.97 Å². The van der Waals surface area contributed by atoms with E-state index in [-0.39, 0.29) is 18.3 Å². The molecule has 0 bridgehead atoms. The standard InChI is InChI=1S/C16H14O3S/c1-2-19-16(18)13-12(10-6-4-3-5-7-10)11-8-9-20-15(11)14(13)17/h3-9,12-13H,2H2,1H3. The fourth-order valence-corrected chi connectivity index (χ4v) is 3.67. The fraction of sp³-hybridized carbons (Fsp3) is 0.250. The summed E-state index contributed by atoms with van der Waals surface area (Å²) in [7, 11) is 0. The van der Waals surface area contributed by atoms with Crippen LogP contribution in [0, 0.1) is 5.92 Å². The summed E-state index contributed by atoms with van der Waals surface area (Å²) in [6.07, 6.45) is 0. The van der Waals surface area contributed by atoms with Gasteiger partial charge in [-0.15, -0.1) is 11.3 Å². The maximum absolute atomic E-state index is 12.5. The smallest absolute Gasteiger partial charge is 0.317 e. The highest BCUT2D eigenvalue weighted by Gasteiger charge is 2.46. The number of thiophene rings is 1. The third-order valence-corrected chi connectivity index (χ3v) is 4.51. The van der Waals surface area contributed by atoms with Crippen molar-refractivity contribution < 1.29 is 14.3 Å². The molecule has 0 radical (unpaired) electrons. The first-order valence-corrected chi connectivity index (χ1v) is 7.45. The second-order valence-electron chi connectivity index (χ2n) is 4.69. The van der Waals surface area contributed by atoms with Crippen LogP contribution in [0.1, 0.15) is 33.6 Å². The zero-order valence-electron chi connectivity index (χ0n) is 11.0. The van der Waals surface area contributed by atoms with Crippen molar-refractivity contribution in [3.8, 4) is 0 Å². The van der Waals surface area contributed by atoms with Gasteiger partial charge in [-0.2, -0.15) is 0 Å². The number of rotatable bonds is 3. The number of fused-ring (bicyclic) bond motifs is 1. The lowest BCUT2D eigenvalue weighted by Crippen LogP contribution is -2.27. The molecule has 2 atom stereocenters. The lowest BCUT2D eigenvalue weighted by molar-refractivity contribution is -0.146. The van der Waals surface area contributed by atoms with Crippen LogP contribution in [0.4, 0.5) is 0 Å². The summed E-state index contributed by atoms with van der Waals surface area (Å²) in [6, 6.07) is 11.6. The van der Waals surface area contributed by atoms with Gasteiger partial charge in [0.2, 0.25) is 0 Å². The number of carbonyl (C=O) groups excluding carboxylic acids is 2. The van der Waals surface area contributed by atoms with Gasteiger partial charge in [0.1, 0.15) is 5.92 Å². The van der Waals surface area contributed by atoms with Gasteiger partial charge in [-0.1, -0.05) is 30.3 Å². The van der Waals surface area contributed by atoms with Crippen molar-refractivity contribution in [2.45, 2.75) is 12.8 Å². The Balaban J connectivity index is 2.07. The van der Waals surface area contributed by atoms with Gasteiger partial charge in [0.15, 0.2) is 5.78 Å². The zero-order valence-corrected chi connectivity index (χ0v) is 11.9. The minimum absolute atomic E-state index is 0.109. The first-order valence-electron chi connectivity index (χ1n) is 6.57. The van der Waals surface area contributed by atoms with Crippen molar-refractivity contribution in [2.24, 2.45) is 5.92 Å². The van der Waals surface area contributed by atoms with Crippen LogP contribution in [0.25, 0.3) is 0 Å². The predicted octanol–water partition coefficient (Wildman–Crippen LogP) is 3.26. The molecule has 0 amide bonds. The molecule has 1 aliphatic carbocycles. The summed E-state index contributed by atoms with van der Waals surface area (Å²) in [5.74, 6) is -1.49. The number of hydrogen-bond donors (Lipinski definition) is 0. The molecule has 0 N–H and O–H groups in total. The van der Waals surface area contributed by atoms with Gasteiger partial charge in [0.05, 0.1) is 11.5 Å². The third kappa shape index (κ3) is 1.96. The topological polar surface area (TPSA) is 43.4 Å². The number of ether oxygens (including phenoxy) is 1. The van der Waals surface area contributed by atoms with Crippen LogP contribution in [0.15, 0.2) is 41.8 Å². The number of hydrogen-bond acceptors (Lipinski definition) is 4. The second kappa shape index (κ2) is 5.21. The van der Waals surface area contributed by atoms with E-state index in [1.54, 1.807) is 6.92 Å². The Labute approximate surface area is 121 Å². The molecule has 2 unspecified atom stereocenters. The molecule has 20 heavy (non-hydrogen) atoms. The molecule has 0 saturated heterocycles. The van der Waals surface area contributed by atoms with Crippen molar-refractivity contribution in [1.82, 2.24) is 0 Å². The third-order valence-electron chi connectivity index (χ3n) is 3.57. The van der Waals surface area contributed by atoms with Crippen molar-refractivity contribution in [3.63, 3.8) is 0 Å². The highest BCUT2D eigenvalue weighted by Crippen LogP contribution is 2.45. The lowest BCUT2D eigenvalue weighted by Gasteiger charge is -2.18. The van der Waals surface area contributed by atoms with Gasteiger partial charge in [0, 0.05) is 5.92 Å². The van der Waals surface area contributed by atoms with Gasteiger partial charge in [-0.25, -0.2) is 0 Å². The first-order chi connectivity index (χ1) is 9.74. The normalized spacial score (nSPS) is 20.8. The van der Waals surface area contributed by atoms with E-state index in [0.29, 0.717) is 4.88 Å². The van der Waals surface area contributed by atoms with Gasteiger partial charge in [-0.05, 0) is 29.5 Å².